The number of Topliss-reactive ketones (excluding diaryl/α,β-unsaturated/α-hetero) is 1. The molecule has 0 aliphatic carbocycles. The van der Waals surface area contributed by atoms with Crippen molar-refractivity contribution in [3.05, 3.63) is 60.4 Å². The Morgan fingerprint density at radius 1 is 1.09 bits per heavy atom. The zero-order chi connectivity index (χ0) is 15.4. The molecule has 0 bridgehead atoms. The van der Waals surface area contributed by atoms with E-state index in [2.05, 4.69) is 33.5 Å². The van der Waals surface area contributed by atoms with Gasteiger partial charge in [-0.2, -0.15) is 0 Å². The van der Waals surface area contributed by atoms with E-state index >= 15 is 0 Å². The van der Waals surface area contributed by atoms with Gasteiger partial charge in [0.05, 0.1) is 23.6 Å². The number of rotatable bonds is 2. The molecular weight excluding hydrogens is 298 g/mol. The summed E-state index contributed by atoms with van der Waals surface area (Å²) in [5.41, 5.74) is 2.76. The summed E-state index contributed by atoms with van der Waals surface area (Å²) in [5.74, 6) is -0.0257. The quantitative estimate of drug-likeness (QED) is 0.545. The zero-order valence-electron chi connectivity index (χ0n) is 11.7. The number of hydrogen-bond acceptors (Lipinski definition) is 3. The molecule has 110 valence electrons. The molecule has 0 unspecified atom stereocenters. The van der Waals surface area contributed by atoms with Crippen LogP contribution >= 0.6 is 11.6 Å². The molecule has 0 saturated carbocycles. The Balaban J connectivity index is 0.000000142. The number of carbonyl (C=O) groups is 1. The average Bonchev–Trinajstić information content (AvgIpc) is 3.10. The summed E-state index contributed by atoms with van der Waals surface area (Å²) in [5, 5.41) is 5.59. The second-order valence-electron chi connectivity index (χ2n) is 4.72. The van der Waals surface area contributed by atoms with Gasteiger partial charge in [0.15, 0.2) is 5.78 Å². The molecule has 1 aliphatic rings. The Morgan fingerprint density at radius 2 is 1.91 bits per heavy atom. The van der Waals surface area contributed by atoms with Crippen LogP contribution in [0, 0.1) is 0 Å². The molecule has 4 rings (SSSR count). The zero-order valence-corrected chi connectivity index (χ0v) is 12.5. The number of benzene rings is 2. The lowest BCUT2D eigenvalue weighted by Crippen LogP contribution is -1.99. The molecule has 1 aliphatic heterocycles. The van der Waals surface area contributed by atoms with Crippen molar-refractivity contribution in [1.82, 2.24) is 4.98 Å². The van der Waals surface area contributed by atoms with Gasteiger partial charge in [-0.15, -0.1) is 11.6 Å². The number of nitrogens with one attached hydrogen (secondary N) is 2. The molecule has 0 spiro atoms. The molecule has 2 N–H and O–H groups in total. The van der Waals surface area contributed by atoms with Crippen LogP contribution in [-0.4, -0.2) is 23.0 Å². The smallest absolute Gasteiger partial charge is 0.193 e. The third kappa shape index (κ3) is 2.87. The molecule has 3 aromatic rings. The van der Waals surface area contributed by atoms with Gasteiger partial charge in [-0.3, -0.25) is 4.79 Å². The number of nitrogens with zero attached hydrogens (tertiary/aromatic N) is 1. The SMILES string of the molecule is C1=Nc2cccc3cccc(c23)N1.O=C(CCl)c1ccc[nH]1. The standard InChI is InChI=1S/C11H8N2.C6H6ClNO/c1-3-8-4-2-6-10-11(8)9(5-1)12-7-13-10;7-4-6(9)5-2-1-3-8-5/h1-7H,(H,12,13);1-3,8H,4H2. The van der Waals surface area contributed by atoms with Crippen molar-refractivity contribution >= 4 is 45.9 Å². The van der Waals surface area contributed by atoms with Crippen molar-refractivity contribution in [3.8, 4) is 0 Å². The third-order valence-corrected chi connectivity index (χ3v) is 3.57. The topological polar surface area (TPSA) is 57.2 Å². The van der Waals surface area contributed by atoms with Crippen molar-refractivity contribution in [3.63, 3.8) is 0 Å². The van der Waals surface area contributed by atoms with Crippen LogP contribution in [0.2, 0.25) is 0 Å². The number of hydrogen-bond donors (Lipinski definition) is 2. The van der Waals surface area contributed by atoms with E-state index in [9.17, 15) is 4.79 Å². The highest BCUT2D eigenvalue weighted by atomic mass is 35.5. The van der Waals surface area contributed by atoms with Gasteiger partial charge < -0.3 is 10.3 Å². The van der Waals surface area contributed by atoms with Crippen LogP contribution in [0.1, 0.15) is 10.5 Å². The van der Waals surface area contributed by atoms with E-state index in [1.54, 1.807) is 24.7 Å². The fourth-order valence-electron chi connectivity index (χ4n) is 2.30. The first kappa shape index (κ1) is 14.4. The van der Waals surface area contributed by atoms with Crippen molar-refractivity contribution in [1.29, 1.82) is 0 Å². The van der Waals surface area contributed by atoms with E-state index in [-0.39, 0.29) is 11.7 Å². The Hall–Kier alpha value is -2.59. The van der Waals surface area contributed by atoms with Crippen LogP contribution in [0.15, 0.2) is 59.7 Å². The van der Waals surface area contributed by atoms with E-state index in [0.717, 1.165) is 11.4 Å². The number of aromatic nitrogens is 1. The van der Waals surface area contributed by atoms with Crippen LogP contribution < -0.4 is 5.32 Å². The van der Waals surface area contributed by atoms with Crippen molar-refractivity contribution in [2.24, 2.45) is 4.99 Å². The minimum atomic E-state index is -0.0679. The molecule has 0 amide bonds. The lowest BCUT2D eigenvalue weighted by atomic mass is 10.1. The average molecular weight is 312 g/mol. The number of ketones is 1. The van der Waals surface area contributed by atoms with Crippen LogP contribution in [0.4, 0.5) is 11.4 Å². The molecule has 1 aromatic heterocycles. The Bertz CT molecular complexity index is 820. The molecule has 2 aromatic carbocycles. The maximum atomic E-state index is 10.7. The molecule has 0 fully saturated rings. The first-order valence-electron chi connectivity index (χ1n) is 6.83. The van der Waals surface area contributed by atoms with Crippen molar-refractivity contribution in [2.45, 2.75) is 0 Å². The molecule has 0 radical (unpaired) electrons. The molecule has 22 heavy (non-hydrogen) atoms. The maximum Gasteiger partial charge on any atom is 0.193 e. The Morgan fingerprint density at radius 3 is 2.64 bits per heavy atom. The van der Waals surface area contributed by atoms with Crippen LogP contribution in [0.25, 0.3) is 10.8 Å². The van der Waals surface area contributed by atoms with Gasteiger partial charge >= 0.3 is 0 Å². The highest BCUT2D eigenvalue weighted by Crippen LogP contribution is 2.33. The fourth-order valence-corrected chi connectivity index (χ4v) is 2.44. The second-order valence-corrected chi connectivity index (χ2v) is 4.99. The van der Waals surface area contributed by atoms with Crippen molar-refractivity contribution in [2.75, 3.05) is 11.2 Å². The number of carbonyl (C=O) groups excluding carboxylic acids is 1. The molecule has 2 heterocycles. The Labute approximate surface area is 132 Å². The highest BCUT2D eigenvalue weighted by molar-refractivity contribution is 6.30. The number of H-pyrrole nitrogens is 1. The lowest BCUT2D eigenvalue weighted by molar-refractivity contribution is 0.101. The molecular formula is C17H14ClN3O. The summed E-state index contributed by atoms with van der Waals surface area (Å²) >= 11 is 5.27. The predicted molar refractivity (Wildman–Crippen MR) is 91.6 cm³/mol. The molecule has 0 saturated heterocycles. The first-order chi connectivity index (χ1) is 10.8. The number of alkyl halides is 1. The van der Waals surface area contributed by atoms with Crippen LogP contribution in [0.5, 0.6) is 0 Å². The van der Waals surface area contributed by atoms with E-state index < -0.39 is 0 Å². The summed E-state index contributed by atoms with van der Waals surface area (Å²) < 4.78 is 0. The van der Waals surface area contributed by atoms with E-state index in [0.29, 0.717) is 5.69 Å². The van der Waals surface area contributed by atoms with E-state index in [4.69, 9.17) is 11.6 Å². The van der Waals surface area contributed by atoms with Gasteiger partial charge in [0.1, 0.15) is 0 Å². The van der Waals surface area contributed by atoms with E-state index in [1.807, 2.05) is 18.2 Å². The number of anilines is 1. The largest absolute Gasteiger partial charge is 0.359 e. The predicted octanol–water partition coefficient (Wildman–Crippen LogP) is 4.36. The molecule has 4 nitrogen and oxygen atoms in total. The molecule has 5 heteroatoms. The van der Waals surface area contributed by atoms with Gasteiger partial charge in [0, 0.05) is 17.3 Å². The lowest BCUT2D eigenvalue weighted by Gasteiger charge is -2.12. The first-order valence-corrected chi connectivity index (χ1v) is 7.36. The third-order valence-electron chi connectivity index (χ3n) is 3.33. The van der Waals surface area contributed by atoms with Gasteiger partial charge in [-0.25, -0.2) is 4.99 Å². The second kappa shape index (κ2) is 6.45. The fraction of sp³-hybridized carbons (Fsp3) is 0.0588. The summed E-state index contributed by atoms with van der Waals surface area (Å²) in [4.78, 5) is 17.7. The minimum Gasteiger partial charge on any atom is -0.359 e. The Kier molecular flexibility index (Phi) is 4.21. The summed E-state index contributed by atoms with van der Waals surface area (Å²) in [6.45, 7) is 0. The minimum absolute atomic E-state index is 0.0422. The monoisotopic (exact) mass is 311 g/mol. The van der Waals surface area contributed by atoms with Crippen LogP contribution in [0.3, 0.4) is 0 Å². The molecule has 0 atom stereocenters. The van der Waals surface area contributed by atoms with Gasteiger partial charge in [0.2, 0.25) is 0 Å². The number of aliphatic imine (C=N–C) groups is 1. The van der Waals surface area contributed by atoms with Gasteiger partial charge in [-0.1, -0.05) is 24.3 Å². The van der Waals surface area contributed by atoms with Gasteiger partial charge in [0.25, 0.3) is 0 Å². The number of halogens is 1. The summed E-state index contributed by atoms with van der Waals surface area (Å²) in [7, 11) is 0. The summed E-state index contributed by atoms with van der Waals surface area (Å²) in [6.07, 6.45) is 3.43. The van der Waals surface area contributed by atoms with Crippen LogP contribution in [-0.2, 0) is 0 Å². The van der Waals surface area contributed by atoms with Crippen molar-refractivity contribution < 1.29 is 4.79 Å². The maximum absolute atomic E-state index is 10.7. The summed E-state index contributed by atoms with van der Waals surface area (Å²) in [6, 6.07) is 15.8. The van der Waals surface area contributed by atoms with E-state index in [1.165, 1.54) is 10.8 Å². The van der Waals surface area contributed by atoms with Gasteiger partial charge in [-0.05, 0) is 29.7 Å². The number of aromatic amines is 1. The highest BCUT2D eigenvalue weighted by Gasteiger charge is 2.07. The normalized spacial score (nSPS) is 11.5.